The maximum absolute atomic E-state index is 10.9. The third-order valence-corrected chi connectivity index (χ3v) is 3.91. The second kappa shape index (κ2) is 10.2. The smallest absolute Gasteiger partial charge is 0.217 e. The second-order valence-corrected chi connectivity index (χ2v) is 5.94. The summed E-state index contributed by atoms with van der Waals surface area (Å²) in [6, 6.07) is -1.47. The van der Waals surface area contributed by atoms with Crippen LogP contribution in [0, 0.1) is 0 Å². The third kappa shape index (κ3) is 5.64. The van der Waals surface area contributed by atoms with E-state index >= 15 is 0 Å². The average Bonchev–Trinajstić information content (AvgIpc) is 2.61. The number of hydrogen-bond acceptors (Lipinski definition) is 11. The lowest BCUT2D eigenvalue weighted by Crippen LogP contribution is -2.59. The lowest BCUT2D eigenvalue weighted by molar-refractivity contribution is -0.306. The van der Waals surface area contributed by atoms with Crippen LogP contribution in [0.2, 0.25) is 0 Å². The highest BCUT2D eigenvalue weighted by Crippen LogP contribution is 2.22. The molecule has 152 valence electrons. The molecule has 0 aromatic carbocycles. The molecule has 12 heteroatoms. The predicted octanol–water partition coefficient (Wildman–Crippen LogP) is -5.41. The van der Waals surface area contributed by atoms with Crippen molar-refractivity contribution in [3.63, 3.8) is 0 Å². The summed E-state index contributed by atoms with van der Waals surface area (Å²) in [4.78, 5) is 21.8. The van der Waals surface area contributed by atoms with Crippen molar-refractivity contribution in [2.45, 2.75) is 62.0 Å². The van der Waals surface area contributed by atoms with E-state index < -0.39 is 74.2 Å². The Morgan fingerprint density at radius 3 is 2.27 bits per heavy atom. The summed E-state index contributed by atoms with van der Waals surface area (Å²) in [7, 11) is 0. The van der Waals surface area contributed by atoms with Crippen LogP contribution in [0.4, 0.5) is 0 Å². The number of carbonyl (C=O) groups excluding carboxylic acids is 2. The van der Waals surface area contributed by atoms with Crippen molar-refractivity contribution in [1.29, 1.82) is 0 Å². The molecule has 1 saturated heterocycles. The normalized spacial score (nSPS) is 33.8. The van der Waals surface area contributed by atoms with Crippen LogP contribution in [0.3, 0.4) is 0 Å². The molecule has 1 aliphatic heterocycles. The zero-order valence-electron chi connectivity index (χ0n) is 14.0. The Morgan fingerprint density at radius 1 is 1.15 bits per heavy atom. The van der Waals surface area contributed by atoms with Gasteiger partial charge in [-0.15, -0.1) is 0 Å². The molecule has 1 heterocycles. The Balaban J connectivity index is 2.62. The quantitative estimate of drug-likeness (QED) is 0.176. The Bertz CT molecular complexity index is 462. The number of ether oxygens (including phenoxy) is 2. The standard InChI is InChI=1S/C14H25NO11/c1-5(18)15-6(2-16)9(20)10(21)7(19)4-25-14-13(24)12(23)11(22)8(3-17)26-14/h2,6-14,17,19-24H,3-4H2,1H3,(H,15,18)/t6-,7+,8-,9+,10+,11-,12+,13-,14-/m0/s1. The molecular formula is C14H25NO11. The van der Waals surface area contributed by atoms with Gasteiger partial charge in [-0.25, -0.2) is 0 Å². The van der Waals surface area contributed by atoms with Crippen LogP contribution in [0.5, 0.6) is 0 Å². The first-order valence-corrected chi connectivity index (χ1v) is 7.82. The molecule has 1 amide bonds. The number of hydrogen-bond donors (Lipinski definition) is 8. The van der Waals surface area contributed by atoms with Crippen molar-refractivity contribution in [3.8, 4) is 0 Å². The Labute approximate surface area is 148 Å². The second-order valence-electron chi connectivity index (χ2n) is 5.94. The van der Waals surface area contributed by atoms with Gasteiger partial charge in [0.2, 0.25) is 5.91 Å². The molecule has 1 fully saturated rings. The monoisotopic (exact) mass is 383 g/mol. The number of nitrogens with one attached hydrogen (secondary N) is 1. The maximum Gasteiger partial charge on any atom is 0.217 e. The van der Waals surface area contributed by atoms with Crippen LogP contribution < -0.4 is 5.32 Å². The molecule has 0 unspecified atom stereocenters. The maximum atomic E-state index is 10.9. The van der Waals surface area contributed by atoms with Crippen molar-refractivity contribution < 1.29 is 54.8 Å². The van der Waals surface area contributed by atoms with E-state index in [1.165, 1.54) is 0 Å². The van der Waals surface area contributed by atoms with E-state index in [1.807, 2.05) is 0 Å². The molecule has 9 atom stereocenters. The molecule has 0 aromatic heterocycles. The summed E-state index contributed by atoms with van der Waals surface area (Å²) in [6.07, 6.45) is -13.0. The minimum absolute atomic E-state index is 0.181. The van der Waals surface area contributed by atoms with Crippen LogP contribution in [-0.4, -0.2) is 116 Å². The lowest BCUT2D eigenvalue weighted by Gasteiger charge is -2.40. The number of aldehydes is 1. The summed E-state index contributed by atoms with van der Waals surface area (Å²) >= 11 is 0. The molecule has 0 aliphatic carbocycles. The average molecular weight is 383 g/mol. The lowest BCUT2D eigenvalue weighted by atomic mass is 9.99. The van der Waals surface area contributed by atoms with E-state index in [4.69, 9.17) is 14.6 Å². The number of aliphatic hydroxyl groups excluding tert-OH is 7. The summed E-state index contributed by atoms with van der Waals surface area (Å²) in [5.41, 5.74) is 0. The van der Waals surface area contributed by atoms with Crippen LogP contribution in [-0.2, 0) is 19.1 Å². The highest BCUT2D eigenvalue weighted by Gasteiger charge is 2.44. The molecule has 0 radical (unpaired) electrons. The molecule has 0 bridgehead atoms. The molecule has 1 rings (SSSR count). The van der Waals surface area contributed by atoms with Crippen LogP contribution in [0.15, 0.2) is 0 Å². The van der Waals surface area contributed by atoms with Gasteiger partial charge >= 0.3 is 0 Å². The van der Waals surface area contributed by atoms with Gasteiger partial charge in [-0.3, -0.25) is 4.79 Å². The molecule has 8 N–H and O–H groups in total. The zero-order chi connectivity index (χ0) is 20.0. The molecule has 12 nitrogen and oxygen atoms in total. The predicted molar refractivity (Wildman–Crippen MR) is 81.4 cm³/mol. The minimum Gasteiger partial charge on any atom is -0.394 e. The van der Waals surface area contributed by atoms with Gasteiger partial charge in [0, 0.05) is 6.92 Å². The van der Waals surface area contributed by atoms with Crippen molar-refractivity contribution in [3.05, 3.63) is 0 Å². The van der Waals surface area contributed by atoms with Gasteiger partial charge in [0.05, 0.1) is 13.2 Å². The van der Waals surface area contributed by atoms with Crippen LogP contribution >= 0.6 is 0 Å². The minimum atomic E-state index is -1.90. The Hall–Kier alpha value is -1.22. The number of rotatable bonds is 9. The SMILES string of the molecule is CC(=O)N[C@@H](C=O)[C@@H](O)[C@H](O)[C@H](O)CO[C@H]1O[C@@H](CO)[C@H](O)[C@@H](O)[C@@H]1O. The van der Waals surface area contributed by atoms with Gasteiger partial charge in [0.15, 0.2) is 6.29 Å². The summed E-state index contributed by atoms with van der Waals surface area (Å²) in [6.45, 7) is -0.284. The van der Waals surface area contributed by atoms with Gasteiger partial charge in [-0.2, -0.15) is 0 Å². The van der Waals surface area contributed by atoms with E-state index in [0.29, 0.717) is 0 Å². The van der Waals surface area contributed by atoms with E-state index in [0.717, 1.165) is 6.92 Å². The van der Waals surface area contributed by atoms with E-state index in [1.54, 1.807) is 0 Å². The summed E-state index contributed by atoms with van der Waals surface area (Å²) < 4.78 is 10.1. The topological polar surface area (TPSA) is 206 Å². The molecular weight excluding hydrogens is 358 g/mol. The van der Waals surface area contributed by atoms with Crippen molar-refractivity contribution >= 4 is 12.2 Å². The summed E-state index contributed by atoms with van der Waals surface area (Å²) in [5, 5.41) is 69.7. The molecule has 0 saturated carbocycles. The molecule has 0 aromatic rings. The first-order valence-electron chi connectivity index (χ1n) is 7.82. The van der Waals surface area contributed by atoms with E-state index in [9.17, 15) is 40.2 Å². The Morgan fingerprint density at radius 2 is 1.77 bits per heavy atom. The first-order chi connectivity index (χ1) is 12.1. The number of carbonyl (C=O) groups is 2. The van der Waals surface area contributed by atoms with Crippen molar-refractivity contribution in [2.24, 2.45) is 0 Å². The van der Waals surface area contributed by atoms with E-state index in [-0.39, 0.29) is 6.29 Å². The fraction of sp³-hybridized carbons (Fsp3) is 0.857. The summed E-state index contributed by atoms with van der Waals surface area (Å²) in [5.74, 6) is -0.639. The molecule has 1 aliphatic rings. The van der Waals surface area contributed by atoms with Gasteiger partial charge < -0.3 is 55.3 Å². The van der Waals surface area contributed by atoms with E-state index in [2.05, 4.69) is 5.32 Å². The van der Waals surface area contributed by atoms with Crippen molar-refractivity contribution in [1.82, 2.24) is 5.32 Å². The van der Waals surface area contributed by atoms with Crippen molar-refractivity contribution in [2.75, 3.05) is 13.2 Å². The first kappa shape index (κ1) is 22.8. The van der Waals surface area contributed by atoms with Crippen LogP contribution in [0.1, 0.15) is 6.92 Å². The molecule has 26 heavy (non-hydrogen) atoms. The van der Waals surface area contributed by atoms with Gasteiger partial charge in [0.25, 0.3) is 0 Å². The fourth-order valence-electron chi connectivity index (χ4n) is 2.37. The van der Waals surface area contributed by atoms with Gasteiger partial charge in [-0.1, -0.05) is 0 Å². The number of amides is 1. The van der Waals surface area contributed by atoms with Crippen LogP contribution in [0.25, 0.3) is 0 Å². The highest BCUT2D eigenvalue weighted by atomic mass is 16.7. The highest BCUT2D eigenvalue weighted by molar-refractivity contribution is 5.77. The Kier molecular flexibility index (Phi) is 8.95. The fourth-order valence-corrected chi connectivity index (χ4v) is 2.37. The van der Waals surface area contributed by atoms with Gasteiger partial charge in [-0.05, 0) is 0 Å². The van der Waals surface area contributed by atoms with Gasteiger partial charge in [0.1, 0.15) is 55.1 Å². The third-order valence-electron chi connectivity index (χ3n) is 3.91. The molecule has 0 spiro atoms. The largest absolute Gasteiger partial charge is 0.394 e. The number of aliphatic hydroxyl groups is 7. The zero-order valence-corrected chi connectivity index (χ0v) is 14.0.